The fraction of sp³-hybridized carbons (Fsp3) is 0.316. The van der Waals surface area contributed by atoms with Crippen LogP contribution < -0.4 is 0 Å². The molecule has 1 amide bonds. The Balaban J connectivity index is 1.32. The Kier molecular flexibility index (Phi) is 6.24. The highest BCUT2D eigenvalue weighted by Crippen LogP contribution is 2.23. The van der Waals surface area contributed by atoms with Crippen molar-refractivity contribution >= 4 is 45.0 Å². The van der Waals surface area contributed by atoms with E-state index in [1.807, 2.05) is 23.2 Å². The minimum atomic E-state index is -0.0467. The molecule has 0 atom stereocenters. The fourth-order valence-corrected chi connectivity index (χ4v) is 4.08. The van der Waals surface area contributed by atoms with Crippen LogP contribution in [0.5, 0.6) is 0 Å². The summed E-state index contributed by atoms with van der Waals surface area (Å²) in [5.41, 5.74) is 1.49. The van der Waals surface area contributed by atoms with Gasteiger partial charge in [-0.25, -0.2) is 4.68 Å². The molecule has 3 heterocycles. The molecule has 0 N–H and O–H groups in total. The predicted molar refractivity (Wildman–Crippen MR) is 115 cm³/mol. The van der Waals surface area contributed by atoms with E-state index in [4.69, 9.17) is 23.2 Å². The van der Waals surface area contributed by atoms with Crippen LogP contribution in [0.25, 0.3) is 0 Å². The van der Waals surface area contributed by atoms with Gasteiger partial charge < -0.3 is 4.90 Å². The number of hydrogen-bond acceptors (Lipinski definition) is 4. The number of carbonyl (C=O) groups is 1. The molecule has 1 fully saturated rings. The summed E-state index contributed by atoms with van der Waals surface area (Å²) in [5.74, 6) is -0.0467. The number of aromatic nitrogens is 4. The lowest BCUT2D eigenvalue weighted by atomic mass is 10.2. The van der Waals surface area contributed by atoms with Crippen LogP contribution in [0.2, 0.25) is 10.0 Å². The molecule has 0 radical (unpaired) electrons. The van der Waals surface area contributed by atoms with Gasteiger partial charge in [0.05, 0.1) is 10.7 Å². The lowest BCUT2D eigenvalue weighted by Gasteiger charge is -2.34. The van der Waals surface area contributed by atoms with E-state index < -0.39 is 0 Å². The average molecular weight is 498 g/mol. The maximum absolute atomic E-state index is 12.8. The molecule has 2 aromatic heterocycles. The van der Waals surface area contributed by atoms with Crippen molar-refractivity contribution in [2.45, 2.75) is 13.2 Å². The van der Waals surface area contributed by atoms with E-state index in [1.165, 1.54) is 0 Å². The molecule has 4 rings (SSSR count). The van der Waals surface area contributed by atoms with Gasteiger partial charge in [-0.3, -0.25) is 14.4 Å². The van der Waals surface area contributed by atoms with E-state index in [1.54, 1.807) is 33.9 Å². The van der Waals surface area contributed by atoms with Gasteiger partial charge in [-0.15, -0.1) is 0 Å². The van der Waals surface area contributed by atoms with Crippen LogP contribution in [0, 0.1) is 0 Å². The highest BCUT2D eigenvalue weighted by Gasteiger charge is 2.24. The second kappa shape index (κ2) is 8.87. The Morgan fingerprint density at radius 2 is 1.90 bits per heavy atom. The van der Waals surface area contributed by atoms with Gasteiger partial charge in [0.25, 0.3) is 5.91 Å². The Bertz CT molecular complexity index is 1010. The minimum absolute atomic E-state index is 0.0467. The quantitative estimate of drug-likeness (QED) is 0.540. The number of carbonyl (C=O) groups excluding carboxylic acids is 1. The van der Waals surface area contributed by atoms with Crippen LogP contribution in [0.1, 0.15) is 16.1 Å². The van der Waals surface area contributed by atoms with Crippen molar-refractivity contribution in [3.05, 3.63) is 68.6 Å². The van der Waals surface area contributed by atoms with Crippen LogP contribution in [0.15, 0.2) is 47.3 Å². The van der Waals surface area contributed by atoms with E-state index >= 15 is 0 Å². The summed E-state index contributed by atoms with van der Waals surface area (Å²) in [4.78, 5) is 16.9. The molecule has 1 aliphatic rings. The standard InChI is InChI=1S/C19H19BrCl2N6O/c20-15-10-23-28(12-15)13-27-4-3-18(24-27)19(29)26-7-5-25(6-8-26)11-14-1-2-16(21)9-17(14)22/h1-4,9-10,12H,5-8,11,13H2. The molecule has 0 unspecified atom stereocenters. The first-order chi connectivity index (χ1) is 14.0. The molecule has 29 heavy (non-hydrogen) atoms. The van der Waals surface area contributed by atoms with E-state index in [9.17, 15) is 4.79 Å². The van der Waals surface area contributed by atoms with Crippen molar-refractivity contribution in [1.82, 2.24) is 29.4 Å². The van der Waals surface area contributed by atoms with Crippen molar-refractivity contribution in [3.8, 4) is 0 Å². The first-order valence-electron chi connectivity index (χ1n) is 9.15. The Labute approximate surface area is 186 Å². The molecule has 1 saturated heterocycles. The number of hydrogen-bond donors (Lipinski definition) is 0. The topological polar surface area (TPSA) is 59.2 Å². The average Bonchev–Trinajstić information content (AvgIpc) is 3.33. The second-order valence-corrected chi connectivity index (χ2v) is 8.64. The number of amides is 1. The Morgan fingerprint density at radius 3 is 2.59 bits per heavy atom. The summed E-state index contributed by atoms with van der Waals surface area (Å²) in [6.07, 6.45) is 5.36. The van der Waals surface area contributed by atoms with Crippen molar-refractivity contribution < 1.29 is 4.79 Å². The molecule has 0 saturated carbocycles. The number of piperazine rings is 1. The van der Waals surface area contributed by atoms with Gasteiger partial charge in [-0.1, -0.05) is 29.3 Å². The van der Waals surface area contributed by atoms with Crippen LogP contribution in [-0.4, -0.2) is 61.4 Å². The number of rotatable bonds is 5. The van der Waals surface area contributed by atoms with Gasteiger partial charge in [-0.2, -0.15) is 10.2 Å². The summed E-state index contributed by atoms with van der Waals surface area (Å²) < 4.78 is 4.34. The second-order valence-electron chi connectivity index (χ2n) is 6.88. The zero-order valence-electron chi connectivity index (χ0n) is 15.5. The van der Waals surface area contributed by atoms with Crippen molar-refractivity contribution in [2.24, 2.45) is 0 Å². The van der Waals surface area contributed by atoms with Gasteiger partial charge in [0.1, 0.15) is 12.4 Å². The lowest BCUT2D eigenvalue weighted by molar-refractivity contribution is 0.0621. The molecular formula is C19H19BrCl2N6O. The predicted octanol–water partition coefficient (Wildman–Crippen LogP) is 3.61. The fourth-order valence-electron chi connectivity index (χ4n) is 3.28. The third-order valence-corrected chi connectivity index (χ3v) is 5.82. The SMILES string of the molecule is O=C(c1ccn(Cn2cc(Br)cn2)n1)N1CCN(Cc2ccc(Cl)cc2Cl)CC1. The van der Waals surface area contributed by atoms with Crippen LogP contribution >= 0.6 is 39.1 Å². The van der Waals surface area contributed by atoms with Crippen LogP contribution in [-0.2, 0) is 13.2 Å². The van der Waals surface area contributed by atoms with Gasteiger partial charge in [0, 0.05) is 55.2 Å². The summed E-state index contributed by atoms with van der Waals surface area (Å²) in [6.45, 7) is 4.08. The molecule has 1 aromatic carbocycles. The monoisotopic (exact) mass is 496 g/mol. The maximum atomic E-state index is 12.8. The van der Waals surface area contributed by atoms with Gasteiger partial charge in [0.15, 0.2) is 0 Å². The van der Waals surface area contributed by atoms with E-state index in [-0.39, 0.29) is 5.91 Å². The molecule has 0 aliphatic carbocycles. The van der Waals surface area contributed by atoms with Gasteiger partial charge in [-0.05, 0) is 39.7 Å². The minimum Gasteiger partial charge on any atom is -0.335 e. The van der Waals surface area contributed by atoms with Gasteiger partial charge >= 0.3 is 0 Å². The third kappa shape index (κ3) is 5.01. The van der Waals surface area contributed by atoms with Gasteiger partial charge in [0.2, 0.25) is 0 Å². The summed E-state index contributed by atoms with van der Waals surface area (Å²) >= 11 is 15.6. The first kappa shape index (κ1) is 20.4. The molecule has 7 nitrogen and oxygen atoms in total. The lowest BCUT2D eigenvalue weighted by Crippen LogP contribution is -2.48. The van der Waals surface area contributed by atoms with Crippen molar-refractivity contribution in [2.75, 3.05) is 26.2 Å². The molecule has 152 valence electrons. The zero-order chi connectivity index (χ0) is 20.4. The Morgan fingerprint density at radius 1 is 1.10 bits per heavy atom. The summed E-state index contributed by atoms with van der Waals surface area (Å²) in [7, 11) is 0. The zero-order valence-corrected chi connectivity index (χ0v) is 18.6. The number of benzene rings is 1. The third-order valence-electron chi connectivity index (χ3n) is 4.82. The molecule has 1 aliphatic heterocycles. The smallest absolute Gasteiger partial charge is 0.274 e. The highest BCUT2D eigenvalue weighted by molar-refractivity contribution is 9.10. The summed E-state index contributed by atoms with van der Waals surface area (Å²) in [6, 6.07) is 7.31. The largest absolute Gasteiger partial charge is 0.335 e. The summed E-state index contributed by atoms with van der Waals surface area (Å²) in [5, 5.41) is 9.91. The normalized spacial score (nSPS) is 15.1. The highest BCUT2D eigenvalue weighted by atomic mass is 79.9. The first-order valence-corrected chi connectivity index (χ1v) is 10.7. The van der Waals surface area contributed by atoms with E-state index in [0.29, 0.717) is 35.5 Å². The van der Waals surface area contributed by atoms with E-state index in [0.717, 1.165) is 29.7 Å². The number of halogens is 3. The van der Waals surface area contributed by atoms with Crippen molar-refractivity contribution in [1.29, 1.82) is 0 Å². The molecule has 0 bridgehead atoms. The molecular weight excluding hydrogens is 479 g/mol. The maximum Gasteiger partial charge on any atom is 0.274 e. The van der Waals surface area contributed by atoms with Crippen molar-refractivity contribution in [3.63, 3.8) is 0 Å². The molecule has 10 heteroatoms. The Hall–Kier alpha value is -1.87. The van der Waals surface area contributed by atoms with Crippen LogP contribution in [0.3, 0.4) is 0 Å². The molecule has 3 aromatic rings. The van der Waals surface area contributed by atoms with E-state index in [2.05, 4.69) is 31.0 Å². The van der Waals surface area contributed by atoms with Crippen LogP contribution in [0.4, 0.5) is 0 Å². The number of nitrogens with zero attached hydrogens (tertiary/aromatic N) is 6. The molecule has 0 spiro atoms.